The van der Waals surface area contributed by atoms with Crippen LogP contribution in [0.15, 0.2) is 41.7 Å². The summed E-state index contributed by atoms with van der Waals surface area (Å²) >= 11 is 6.11. The van der Waals surface area contributed by atoms with Gasteiger partial charge in [-0.2, -0.15) is 5.10 Å². The van der Waals surface area contributed by atoms with Gasteiger partial charge < -0.3 is 15.5 Å². The first-order chi connectivity index (χ1) is 12.4. The molecule has 150 valence electrons. The molecule has 0 aliphatic heterocycles. The number of hydrogen-bond donors (Lipinski definition) is 2. The molecule has 1 aromatic heterocycles. The maximum absolute atomic E-state index is 6.11. The van der Waals surface area contributed by atoms with Gasteiger partial charge in [0.1, 0.15) is 0 Å². The fraction of sp³-hybridized carbons (Fsp3) is 0.474. The Morgan fingerprint density at radius 1 is 1.33 bits per heavy atom. The molecule has 1 heterocycles. The van der Waals surface area contributed by atoms with Crippen molar-refractivity contribution in [1.82, 2.24) is 25.3 Å². The molecule has 8 heteroatoms. The lowest BCUT2D eigenvalue weighted by Crippen LogP contribution is -2.39. The van der Waals surface area contributed by atoms with Gasteiger partial charge in [0.2, 0.25) is 0 Å². The summed E-state index contributed by atoms with van der Waals surface area (Å²) in [6, 6.07) is 8.15. The van der Waals surface area contributed by atoms with Crippen LogP contribution < -0.4 is 10.6 Å². The predicted molar refractivity (Wildman–Crippen MR) is 124 cm³/mol. The van der Waals surface area contributed by atoms with Crippen LogP contribution in [0.5, 0.6) is 0 Å². The molecule has 0 saturated carbocycles. The number of benzene rings is 1. The number of aliphatic imine (C=N–C) groups is 1. The molecule has 27 heavy (non-hydrogen) atoms. The lowest BCUT2D eigenvalue weighted by Gasteiger charge is -2.23. The number of rotatable bonds is 7. The number of halogens is 2. The first-order valence-electron chi connectivity index (χ1n) is 8.86. The fourth-order valence-corrected chi connectivity index (χ4v) is 2.94. The molecular formula is C19H30ClIN6. The quantitative estimate of drug-likeness (QED) is 0.344. The molecule has 2 aromatic rings. The van der Waals surface area contributed by atoms with E-state index in [9.17, 15) is 0 Å². The average Bonchev–Trinajstić information content (AvgIpc) is 3.01. The van der Waals surface area contributed by atoms with Gasteiger partial charge in [-0.15, -0.1) is 24.0 Å². The van der Waals surface area contributed by atoms with Crippen LogP contribution in [0, 0.1) is 0 Å². The minimum Gasteiger partial charge on any atom is -0.357 e. The van der Waals surface area contributed by atoms with Gasteiger partial charge in [-0.05, 0) is 45.6 Å². The zero-order valence-corrected chi connectivity index (χ0v) is 19.7. The molecule has 0 radical (unpaired) electrons. The number of hydrogen-bond acceptors (Lipinski definition) is 3. The molecule has 2 N–H and O–H groups in total. The molecule has 2 atom stereocenters. The van der Waals surface area contributed by atoms with Crippen LogP contribution in [-0.4, -0.2) is 47.8 Å². The molecule has 0 aliphatic rings. The maximum Gasteiger partial charge on any atom is 0.191 e. The highest BCUT2D eigenvalue weighted by Crippen LogP contribution is 2.19. The van der Waals surface area contributed by atoms with Gasteiger partial charge in [-0.3, -0.25) is 9.67 Å². The van der Waals surface area contributed by atoms with Crippen LogP contribution in [0.1, 0.15) is 37.1 Å². The third kappa shape index (κ3) is 7.31. The SMILES string of the molecule is CCNC(=NCC(c1cnn(C)c1)N(C)C)NC(C)c1cccc(Cl)c1.I. The van der Waals surface area contributed by atoms with Crippen molar-refractivity contribution in [3.8, 4) is 0 Å². The Bertz CT molecular complexity index is 730. The van der Waals surface area contributed by atoms with E-state index < -0.39 is 0 Å². The Hall–Kier alpha value is -1.32. The third-order valence-electron chi connectivity index (χ3n) is 4.20. The highest BCUT2D eigenvalue weighted by Gasteiger charge is 2.16. The highest BCUT2D eigenvalue weighted by atomic mass is 127. The van der Waals surface area contributed by atoms with Crippen molar-refractivity contribution < 1.29 is 0 Å². The van der Waals surface area contributed by atoms with Crippen molar-refractivity contribution in [3.05, 3.63) is 52.8 Å². The molecule has 0 saturated heterocycles. The van der Waals surface area contributed by atoms with Gasteiger partial charge in [-0.1, -0.05) is 23.7 Å². The zero-order valence-electron chi connectivity index (χ0n) is 16.6. The molecule has 1 aromatic carbocycles. The van der Waals surface area contributed by atoms with E-state index in [1.54, 1.807) is 0 Å². The van der Waals surface area contributed by atoms with E-state index in [-0.39, 0.29) is 36.1 Å². The Kier molecular flexibility index (Phi) is 10.1. The molecule has 2 unspecified atom stereocenters. The van der Waals surface area contributed by atoms with Crippen LogP contribution in [0.3, 0.4) is 0 Å². The second-order valence-corrected chi connectivity index (χ2v) is 7.00. The van der Waals surface area contributed by atoms with Crippen LogP contribution in [-0.2, 0) is 7.05 Å². The molecule has 6 nitrogen and oxygen atoms in total. The van der Waals surface area contributed by atoms with Crippen molar-refractivity contribution in [2.45, 2.75) is 25.9 Å². The van der Waals surface area contributed by atoms with Crippen LogP contribution >= 0.6 is 35.6 Å². The van der Waals surface area contributed by atoms with Crippen LogP contribution in [0.4, 0.5) is 0 Å². The standard InChI is InChI=1S/C19H29ClN6.HI/c1-6-21-19(24-14(2)15-8-7-9-17(20)10-15)22-12-18(25(3)4)16-11-23-26(5)13-16;/h7-11,13-14,18H,6,12H2,1-5H3,(H2,21,22,24);1H. The number of likely N-dealkylation sites (N-methyl/N-ethyl adjacent to an activating group) is 1. The monoisotopic (exact) mass is 504 g/mol. The number of aryl methyl sites for hydroxylation is 1. The van der Waals surface area contributed by atoms with Crippen molar-refractivity contribution in [2.75, 3.05) is 27.2 Å². The van der Waals surface area contributed by atoms with Gasteiger partial charge in [0.15, 0.2) is 5.96 Å². The molecular weight excluding hydrogens is 475 g/mol. The Labute approximate surface area is 184 Å². The van der Waals surface area contributed by atoms with Gasteiger partial charge in [0.05, 0.1) is 24.8 Å². The summed E-state index contributed by atoms with van der Waals surface area (Å²) in [6.07, 6.45) is 3.93. The summed E-state index contributed by atoms with van der Waals surface area (Å²) < 4.78 is 1.82. The number of nitrogens with one attached hydrogen (secondary N) is 2. The van der Waals surface area contributed by atoms with Crippen molar-refractivity contribution in [1.29, 1.82) is 0 Å². The second kappa shape index (κ2) is 11.5. The lowest BCUT2D eigenvalue weighted by atomic mass is 10.1. The van der Waals surface area contributed by atoms with E-state index in [0.29, 0.717) is 6.54 Å². The predicted octanol–water partition coefficient (Wildman–Crippen LogP) is 3.61. The molecule has 0 bridgehead atoms. The normalized spacial score (nSPS) is 13.8. The van der Waals surface area contributed by atoms with Crippen molar-refractivity contribution in [3.63, 3.8) is 0 Å². The van der Waals surface area contributed by atoms with E-state index in [1.807, 2.05) is 42.3 Å². The molecule has 0 aliphatic carbocycles. The summed E-state index contributed by atoms with van der Waals surface area (Å²) in [5.74, 6) is 0.788. The van der Waals surface area contributed by atoms with E-state index in [4.69, 9.17) is 16.6 Å². The summed E-state index contributed by atoms with van der Waals surface area (Å²) in [4.78, 5) is 6.95. The van der Waals surface area contributed by atoms with Crippen LogP contribution in [0.2, 0.25) is 5.02 Å². The Morgan fingerprint density at radius 3 is 2.63 bits per heavy atom. The maximum atomic E-state index is 6.11. The zero-order chi connectivity index (χ0) is 19.1. The minimum atomic E-state index is 0. The number of guanidine groups is 1. The fourth-order valence-electron chi connectivity index (χ4n) is 2.74. The van der Waals surface area contributed by atoms with Gasteiger partial charge in [0.25, 0.3) is 0 Å². The number of aromatic nitrogens is 2. The van der Waals surface area contributed by atoms with E-state index >= 15 is 0 Å². The third-order valence-corrected chi connectivity index (χ3v) is 4.44. The smallest absolute Gasteiger partial charge is 0.191 e. The summed E-state index contributed by atoms with van der Waals surface area (Å²) in [5, 5.41) is 11.8. The first kappa shape index (κ1) is 23.7. The largest absolute Gasteiger partial charge is 0.357 e. The minimum absolute atomic E-state index is 0. The van der Waals surface area contributed by atoms with Crippen molar-refractivity contribution in [2.24, 2.45) is 12.0 Å². The average molecular weight is 505 g/mol. The summed E-state index contributed by atoms with van der Waals surface area (Å²) in [6.45, 7) is 5.60. The van der Waals surface area contributed by atoms with Crippen LogP contribution in [0.25, 0.3) is 0 Å². The summed E-state index contributed by atoms with van der Waals surface area (Å²) in [7, 11) is 6.04. The summed E-state index contributed by atoms with van der Waals surface area (Å²) in [5.41, 5.74) is 2.28. The van der Waals surface area contributed by atoms with E-state index in [2.05, 4.69) is 54.6 Å². The second-order valence-electron chi connectivity index (χ2n) is 6.57. The van der Waals surface area contributed by atoms with Gasteiger partial charge in [-0.25, -0.2) is 0 Å². The first-order valence-corrected chi connectivity index (χ1v) is 9.23. The molecule has 2 rings (SSSR count). The Morgan fingerprint density at radius 2 is 2.07 bits per heavy atom. The number of nitrogens with zero attached hydrogens (tertiary/aromatic N) is 4. The van der Waals surface area contributed by atoms with Gasteiger partial charge in [0, 0.05) is 30.4 Å². The lowest BCUT2D eigenvalue weighted by molar-refractivity contribution is 0.306. The Balaban J connectivity index is 0.00000364. The van der Waals surface area contributed by atoms with Crippen molar-refractivity contribution >= 4 is 41.5 Å². The molecule has 0 spiro atoms. The van der Waals surface area contributed by atoms with E-state index in [0.717, 1.165) is 28.7 Å². The molecule has 0 amide bonds. The highest BCUT2D eigenvalue weighted by molar-refractivity contribution is 14.0. The van der Waals surface area contributed by atoms with E-state index in [1.165, 1.54) is 0 Å². The molecule has 0 fully saturated rings. The van der Waals surface area contributed by atoms with Gasteiger partial charge >= 0.3 is 0 Å². The topological polar surface area (TPSA) is 57.5 Å².